The first-order valence-electron chi connectivity index (χ1n) is 7.20. The van der Waals surface area contributed by atoms with Gasteiger partial charge in [-0.2, -0.15) is 0 Å². The van der Waals surface area contributed by atoms with E-state index in [9.17, 15) is 9.59 Å². The van der Waals surface area contributed by atoms with Crippen LogP contribution in [0, 0.1) is 5.41 Å². The maximum Gasteiger partial charge on any atom is 0.339 e. The van der Waals surface area contributed by atoms with E-state index >= 15 is 0 Å². The summed E-state index contributed by atoms with van der Waals surface area (Å²) in [6.07, 6.45) is 5.14. The molecule has 0 N–H and O–H groups in total. The van der Waals surface area contributed by atoms with E-state index in [1.165, 1.54) is 7.11 Å². The minimum atomic E-state index is -0.546. The average Bonchev–Trinajstić information content (AvgIpc) is 2.52. The van der Waals surface area contributed by atoms with Crippen molar-refractivity contribution in [3.8, 4) is 0 Å². The zero-order valence-corrected chi connectivity index (χ0v) is 13.4. The van der Waals surface area contributed by atoms with Gasteiger partial charge in [-0.25, -0.2) is 4.79 Å². The molecule has 0 bridgehead atoms. The van der Waals surface area contributed by atoms with Gasteiger partial charge in [0, 0.05) is 11.6 Å². The fourth-order valence-electron chi connectivity index (χ4n) is 2.29. The molecule has 1 aliphatic rings. The van der Waals surface area contributed by atoms with Gasteiger partial charge in [-0.1, -0.05) is 57.2 Å². The topological polar surface area (TPSA) is 46.6 Å². The SMILES string of the molecule is COC(=O)C1=CN(C(=O)C(C)(C)C)C(c2ccccc2)C=C1. The third kappa shape index (κ3) is 3.27. The van der Waals surface area contributed by atoms with Crippen LogP contribution in [0.25, 0.3) is 0 Å². The van der Waals surface area contributed by atoms with Crippen LogP contribution in [0.15, 0.2) is 54.3 Å². The Morgan fingerprint density at radius 2 is 1.77 bits per heavy atom. The van der Waals surface area contributed by atoms with Gasteiger partial charge in [-0.15, -0.1) is 0 Å². The van der Waals surface area contributed by atoms with Crippen LogP contribution in [0.5, 0.6) is 0 Å². The Balaban J connectivity index is 2.43. The van der Waals surface area contributed by atoms with Gasteiger partial charge in [0.2, 0.25) is 5.91 Å². The minimum Gasteiger partial charge on any atom is -0.465 e. The fourth-order valence-corrected chi connectivity index (χ4v) is 2.29. The Hall–Kier alpha value is -2.36. The highest BCUT2D eigenvalue weighted by Crippen LogP contribution is 2.32. The molecule has 1 amide bonds. The quantitative estimate of drug-likeness (QED) is 0.788. The van der Waals surface area contributed by atoms with Gasteiger partial charge in [0.15, 0.2) is 0 Å². The number of methoxy groups -OCH3 is 1. The van der Waals surface area contributed by atoms with Gasteiger partial charge in [0.1, 0.15) is 0 Å². The molecule has 1 aliphatic heterocycles. The molecule has 0 saturated heterocycles. The maximum absolute atomic E-state index is 12.8. The molecule has 1 heterocycles. The van der Waals surface area contributed by atoms with Crippen LogP contribution in [-0.4, -0.2) is 23.9 Å². The highest BCUT2D eigenvalue weighted by molar-refractivity contribution is 5.93. The van der Waals surface area contributed by atoms with E-state index in [1.54, 1.807) is 17.2 Å². The van der Waals surface area contributed by atoms with E-state index in [0.29, 0.717) is 5.57 Å². The maximum atomic E-state index is 12.8. The van der Waals surface area contributed by atoms with Crippen LogP contribution >= 0.6 is 0 Å². The van der Waals surface area contributed by atoms with Crippen molar-refractivity contribution in [3.63, 3.8) is 0 Å². The first kappa shape index (κ1) is 16.0. The number of carbonyl (C=O) groups excluding carboxylic acids is 2. The summed E-state index contributed by atoms with van der Waals surface area (Å²) in [4.78, 5) is 26.1. The monoisotopic (exact) mass is 299 g/mol. The van der Waals surface area contributed by atoms with Gasteiger partial charge in [-0.05, 0) is 11.6 Å². The summed E-state index contributed by atoms with van der Waals surface area (Å²) in [6.45, 7) is 5.59. The number of hydrogen-bond donors (Lipinski definition) is 0. The predicted molar refractivity (Wildman–Crippen MR) is 84.7 cm³/mol. The standard InChI is InChI=1S/C18H21NO3/c1-18(2,3)17(21)19-12-14(16(20)22-4)10-11-15(19)13-8-6-5-7-9-13/h5-12,15H,1-4H3. The summed E-state index contributed by atoms with van der Waals surface area (Å²) < 4.78 is 4.75. The number of nitrogens with zero attached hydrogens (tertiary/aromatic N) is 1. The molecule has 0 fully saturated rings. The lowest BCUT2D eigenvalue weighted by Crippen LogP contribution is -2.39. The van der Waals surface area contributed by atoms with Gasteiger partial charge in [0.05, 0.1) is 18.7 Å². The summed E-state index contributed by atoms with van der Waals surface area (Å²) in [5.41, 5.74) is 0.819. The summed E-state index contributed by atoms with van der Waals surface area (Å²) in [6, 6.07) is 9.51. The van der Waals surface area contributed by atoms with Crippen molar-refractivity contribution in [1.82, 2.24) is 4.90 Å². The van der Waals surface area contributed by atoms with E-state index in [4.69, 9.17) is 4.74 Å². The molecule has 4 heteroatoms. The second-order valence-electron chi connectivity index (χ2n) is 6.25. The molecule has 2 rings (SSSR count). The Morgan fingerprint density at radius 1 is 1.14 bits per heavy atom. The summed E-state index contributed by atoms with van der Waals surface area (Å²) in [5, 5.41) is 0. The number of benzene rings is 1. The molecule has 1 aromatic rings. The highest BCUT2D eigenvalue weighted by Gasteiger charge is 2.33. The Bertz CT molecular complexity index is 623. The molecular weight excluding hydrogens is 278 g/mol. The van der Waals surface area contributed by atoms with Crippen molar-refractivity contribution in [1.29, 1.82) is 0 Å². The minimum absolute atomic E-state index is 0.0490. The number of ether oxygens (including phenoxy) is 1. The smallest absolute Gasteiger partial charge is 0.339 e. The highest BCUT2D eigenvalue weighted by atomic mass is 16.5. The molecule has 22 heavy (non-hydrogen) atoms. The fraction of sp³-hybridized carbons (Fsp3) is 0.333. The van der Waals surface area contributed by atoms with Crippen molar-refractivity contribution < 1.29 is 14.3 Å². The zero-order valence-electron chi connectivity index (χ0n) is 13.4. The van der Waals surface area contributed by atoms with Crippen molar-refractivity contribution in [2.24, 2.45) is 5.41 Å². The zero-order chi connectivity index (χ0) is 16.3. The summed E-state index contributed by atoms with van der Waals surface area (Å²) in [5.74, 6) is -0.499. The van der Waals surface area contributed by atoms with Crippen molar-refractivity contribution >= 4 is 11.9 Å². The Kier molecular flexibility index (Phi) is 4.50. The number of amides is 1. The molecular formula is C18H21NO3. The lowest BCUT2D eigenvalue weighted by atomic mass is 9.91. The van der Waals surface area contributed by atoms with Crippen LogP contribution in [0.2, 0.25) is 0 Å². The van der Waals surface area contributed by atoms with E-state index in [2.05, 4.69) is 0 Å². The number of carbonyl (C=O) groups is 2. The van der Waals surface area contributed by atoms with Crippen LogP contribution < -0.4 is 0 Å². The average molecular weight is 299 g/mol. The van der Waals surface area contributed by atoms with E-state index in [1.807, 2.05) is 57.2 Å². The van der Waals surface area contributed by atoms with Crippen LogP contribution in [-0.2, 0) is 14.3 Å². The molecule has 1 aromatic carbocycles. The van der Waals surface area contributed by atoms with Crippen LogP contribution in [0.4, 0.5) is 0 Å². The first-order valence-corrected chi connectivity index (χ1v) is 7.20. The third-order valence-corrected chi connectivity index (χ3v) is 3.47. The largest absolute Gasteiger partial charge is 0.465 e. The first-order chi connectivity index (χ1) is 10.3. The Labute approximate surface area is 131 Å². The lowest BCUT2D eigenvalue weighted by molar-refractivity contribution is -0.138. The normalized spacial score (nSPS) is 17.9. The number of hydrogen-bond acceptors (Lipinski definition) is 3. The van der Waals surface area contributed by atoms with Crippen molar-refractivity contribution in [2.45, 2.75) is 26.8 Å². The molecule has 116 valence electrons. The van der Waals surface area contributed by atoms with E-state index in [-0.39, 0.29) is 11.9 Å². The Morgan fingerprint density at radius 3 is 2.32 bits per heavy atom. The molecule has 0 radical (unpaired) electrons. The van der Waals surface area contributed by atoms with Crippen molar-refractivity contribution in [2.75, 3.05) is 7.11 Å². The third-order valence-electron chi connectivity index (χ3n) is 3.47. The molecule has 1 atom stereocenters. The lowest BCUT2D eigenvalue weighted by Gasteiger charge is -2.34. The van der Waals surface area contributed by atoms with Crippen molar-refractivity contribution in [3.05, 3.63) is 59.8 Å². The molecule has 0 saturated carbocycles. The van der Waals surface area contributed by atoms with E-state index in [0.717, 1.165) is 5.56 Å². The molecule has 0 spiro atoms. The van der Waals surface area contributed by atoms with Gasteiger partial charge >= 0.3 is 5.97 Å². The number of rotatable bonds is 2. The molecule has 0 aromatic heterocycles. The van der Waals surface area contributed by atoms with Gasteiger partial charge in [-0.3, -0.25) is 4.79 Å². The van der Waals surface area contributed by atoms with E-state index < -0.39 is 11.4 Å². The second kappa shape index (κ2) is 6.18. The second-order valence-corrected chi connectivity index (χ2v) is 6.25. The molecule has 0 aliphatic carbocycles. The van der Waals surface area contributed by atoms with Crippen LogP contribution in [0.1, 0.15) is 32.4 Å². The van der Waals surface area contributed by atoms with Crippen LogP contribution in [0.3, 0.4) is 0 Å². The summed E-state index contributed by atoms with van der Waals surface area (Å²) >= 11 is 0. The number of esters is 1. The summed E-state index contributed by atoms with van der Waals surface area (Å²) in [7, 11) is 1.33. The van der Waals surface area contributed by atoms with Gasteiger partial charge < -0.3 is 9.64 Å². The predicted octanol–water partition coefficient (Wildman–Crippen LogP) is 3.23. The molecule has 4 nitrogen and oxygen atoms in total. The molecule has 1 unspecified atom stereocenters. The van der Waals surface area contributed by atoms with Gasteiger partial charge in [0.25, 0.3) is 0 Å².